The predicted molar refractivity (Wildman–Crippen MR) is 152 cm³/mol. The maximum Gasteiger partial charge on any atom is 0.573 e. The fraction of sp³-hybridized carbons (Fsp3) is 0.379. The van der Waals surface area contributed by atoms with Crippen LogP contribution in [-0.2, 0) is 9.47 Å². The van der Waals surface area contributed by atoms with E-state index in [1.54, 1.807) is 30.3 Å². The van der Waals surface area contributed by atoms with Gasteiger partial charge in [0.15, 0.2) is 0 Å². The number of benzene rings is 2. The molecular weight excluding hydrogens is 571 g/mol. The van der Waals surface area contributed by atoms with Crippen molar-refractivity contribution in [1.29, 1.82) is 0 Å². The number of amides is 2. The van der Waals surface area contributed by atoms with Crippen molar-refractivity contribution in [1.82, 2.24) is 20.2 Å². The summed E-state index contributed by atoms with van der Waals surface area (Å²) in [5, 5.41) is 15.1. The molecule has 0 aliphatic carbocycles. The summed E-state index contributed by atoms with van der Waals surface area (Å²) >= 11 is 0. The molecule has 14 heteroatoms. The SMILES string of the molecule is CC(C)(C)N(CCOCCOCCNC(=O)c1cccc(-c2cc(Nc3ccc(OC(F)(F)F)cc3)ncn2)c1)C(=O)O. The van der Waals surface area contributed by atoms with E-state index >= 15 is 0 Å². The first-order valence-electron chi connectivity index (χ1n) is 13.3. The second kappa shape index (κ2) is 15.2. The molecule has 0 bridgehead atoms. The standard InChI is InChI=1S/C29H34F3N5O6/c1-28(2,3)37(27(39)40)12-14-42-16-15-41-13-11-33-26(38)21-6-4-5-20(17-21)24-18-25(35-19-34-24)36-22-7-9-23(10-8-22)43-29(30,31)32/h4-10,17-19H,11-16H2,1-3H3,(H,33,38)(H,39,40)(H,34,35,36). The Morgan fingerprint density at radius 2 is 1.63 bits per heavy atom. The highest BCUT2D eigenvalue weighted by Gasteiger charge is 2.31. The van der Waals surface area contributed by atoms with E-state index in [-0.39, 0.29) is 38.0 Å². The first-order chi connectivity index (χ1) is 20.3. The lowest BCUT2D eigenvalue weighted by atomic mass is 10.1. The lowest BCUT2D eigenvalue weighted by Crippen LogP contribution is -2.46. The number of carbonyl (C=O) groups is 2. The maximum atomic E-state index is 12.7. The van der Waals surface area contributed by atoms with Crippen LogP contribution in [0, 0.1) is 0 Å². The highest BCUT2D eigenvalue weighted by atomic mass is 19.4. The molecule has 232 valence electrons. The molecule has 0 saturated carbocycles. The molecule has 11 nitrogen and oxygen atoms in total. The van der Waals surface area contributed by atoms with E-state index in [9.17, 15) is 27.9 Å². The van der Waals surface area contributed by atoms with Crippen molar-refractivity contribution in [2.24, 2.45) is 0 Å². The third kappa shape index (κ3) is 11.4. The number of ether oxygens (including phenoxy) is 3. The molecule has 43 heavy (non-hydrogen) atoms. The van der Waals surface area contributed by atoms with Crippen LogP contribution in [0.25, 0.3) is 11.3 Å². The Morgan fingerprint density at radius 1 is 0.930 bits per heavy atom. The van der Waals surface area contributed by atoms with Gasteiger partial charge in [0.1, 0.15) is 17.9 Å². The van der Waals surface area contributed by atoms with Crippen LogP contribution in [0.1, 0.15) is 31.1 Å². The minimum Gasteiger partial charge on any atom is -0.465 e. The van der Waals surface area contributed by atoms with E-state index < -0.39 is 18.0 Å². The van der Waals surface area contributed by atoms with Gasteiger partial charge in [0.05, 0.1) is 32.1 Å². The van der Waals surface area contributed by atoms with Gasteiger partial charge >= 0.3 is 12.5 Å². The third-order valence-electron chi connectivity index (χ3n) is 5.85. The Balaban J connectivity index is 1.43. The summed E-state index contributed by atoms with van der Waals surface area (Å²) in [5.74, 6) is -0.236. The number of nitrogens with one attached hydrogen (secondary N) is 2. The molecule has 3 N–H and O–H groups in total. The predicted octanol–water partition coefficient (Wildman–Crippen LogP) is 5.33. The van der Waals surface area contributed by atoms with E-state index in [0.717, 1.165) is 0 Å². The summed E-state index contributed by atoms with van der Waals surface area (Å²) in [6, 6.07) is 13.7. The number of halogens is 3. The van der Waals surface area contributed by atoms with Crippen molar-refractivity contribution in [2.45, 2.75) is 32.7 Å². The van der Waals surface area contributed by atoms with Gasteiger partial charge < -0.3 is 34.9 Å². The van der Waals surface area contributed by atoms with E-state index in [2.05, 4.69) is 25.3 Å². The number of hydrogen-bond donors (Lipinski definition) is 3. The van der Waals surface area contributed by atoms with Crippen LogP contribution < -0.4 is 15.4 Å². The summed E-state index contributed by atoms with van der Waals surface area (Å²) in [6.07, 6.45) is -4.44. The first-order valence-corrected chi connectivity index (χ1v) is 13.3. The number of carbonyl (C=O) groups excluding carboxylic acids is 1. The molecule has 3 aromatic rings. The van der Waals surface area contributed by atoms with E-state index in [0.29, 0.717) is 41.5 Å². The quantitative estimate of drug-likeness (QED) is 0.209. The highest BCUT2D eigenvalue weighted by molar-refractivity contribution is 5.95. The molecule has 0 saturated heterocycles. The van der Waals surface area contributed by atoms with E-state index in [4.69, 9.17) is 9.47 Å². The number of hydrogen-bond acceptors (Lipinski definition) is 8. The lowest BCUT2D eigenvalue weighted by Gasteiger charge is -2.32. The van der Waals surface area contributed by atoms with Crippen LogP contribution in [0.15, 0.2) is 60.9 Å². The van der Waals surface area contributed by atoms with Crippen LogP contribution in [0.2, 0.25) is 0 Å². The molecule has 1 aromatic heterocycles. The summed E-state index contributed by atoms with van der Waals surface area (Å²) in [6.45, 7) is 7.06. The highest BCUT2D eigenvalue weighted by Crippen LogP contribution is 2.26. The van der Waals surface area contributed by atoms with Crippen molar-refractivity contribution >= 4 is 23.5 Å². The van der Waals surface area contributed by atoms with Gasteiger partial charge in [0.2, 0.25) is 0 Å². The summed E-state index contributed by atoms with van der Waals surface area (Å²) in [7, 11) is 0. The number of rotatable bonds is 14. The Bertz CT molecular complexity index is 1350. The molecule has 0 fully saturated rings. The molecule has 0 aliphatic heterocycles. The molecule has 2 aromatic carbocycles. The van der Waals surface area contributed by atoms with Gasteiger partial charge in [-0.05, 0) is 57.2 Å². The Morgan fingerprint density at radius 3 is 2.28 bits per heavy atom. The monoisotopic (exact) mass is 605 g/mol. The van der Waals surface area contributed by atoms with Crippen molar-refractivity contribution in [3.8, 4) is 17.0 Å². The Labute approximate surface area is 247 Å². The topological polar surface area (TPSA) is 135 Å². The molecule has 0 aliphatic rings. The zero-order valence-corrected chi connectivity index (χ0v) is 24.0. The van der Waals surface area contributed by atoms with Crippen molar-refractivity contribution in [3.63, 3.8) is 0 Å². The van der Waals surface area contributed by atoms with Crippen molar-refractivity contribution < 1.29 is 42.1 Å². The van der Waals surface area contributed by atoms with E-state index in [1.807, 2.05) is 20.8 Å². The largest absolute Gasteiger partial charge is 0.573 e. The smallest absolute Gasteiger partial charge is 0.465 e. The molecule has 0 spiro atoms. The maximum absolute atomic E-state index is 12.7. The average Bonchev–Trinajstić information content (AvgIpc) is 2.93. The molecular formula is C29H34F3N5O6. The summed E-state index contributed by atoms with van der Waals surface area (Å²) in [5.41, 5.74) is 1.58. The number of anilines is 2. The zero-order valence-electron chi connectivity index (χ0n) is 24.0. The summed E-state index contributed by atoms with van der Waals surface area (Å²) in [4.78, 5) is 33.7. The normalized spacial score (nSPS) is 11.6. The molecule has 1 heterocycles. The van der Waals surface area contributed by atoms with Crippen LogP contribution in [0.3, 0.4) is 0 Å². The summed E-state index contributed by atoms with van der Waals surface area (Å²) < 4.78 is 51.9. The Hall–Kier alpha value is -4.43. The molecule has 2 amide bonds. The molecule has 0 unspecified atom stereocenters. The number of alkyl halides is 3. The first kappa shape index (κ1) is 33.1. The van der Waals surface area contributed by atoms with Crippen LogP contribution in [0.4, 0.5) is 29.5 Å². The van der Waals surface area contributed by atoms with Gasteiger partial charge in [-0.1, -0.05) is 12.1 Å². The van der Waals surface area contributed by atoms with Crippen LogP contribution >= 0.6 is 0 Å². The van der Waals surface area contributed by atoms with Crippen LogP contribution in [0.5, 0.6) is 5.75 Å². The second-order valence-electron chi connectivity index (χ2n) is 10.2. The number of nitrogens with zero attached hydrogens (tertiary/aromatic N) is 3. The van der Waals surface area contributed by atoms with Crippen LogP contribution in [-0.4, -0.2) is 83.4 Å². The molecule has 0 radical (unpaired) electrons. The number of aromatic nitrogens is 2. The average molecular weight is 606 g/mol. The van der Waals surface area contributed by atoms with Gasteiger partial charge in [0.25, 0.3) is 5.91 Å². The van der Waals surface area contributed by atoms with Gasteiger partial charge in [0, 0.05) is 41.5 Å². The molecule has 3 rings (SSSR count). The van der Waals surface area contributed by atoms with Crippen molar-refractivity contribution in [2.75, 3.05) is 44.8 Å². The fourth-order valence-electron chi connectivity index (χ4n) is 3.83. The van der Waals surface area contributed by atoms with Crippen molar-refractivity contribution in [3.05, 3.63) is 66.5 Å². The van der Waals surface area contributed by atoms with Gasteiger partial charge in [-0.15, -0.1) is 13.2 Å². The lowest BCUT2D eigenvalue weighted by molar-refractivity contribution is -0.274. The second-order valence-corrected chi connectivity index (χ2v) is 10.2. The van der Waals surface area contributed by atoms with Gasteiger partial charge in [-0.3, -0.25) is 4.79 Å². The minimum atomic E-state index is -4.77. The zero-order chi connectivity index (χ0) is 31.5. The third-order valence-corrected chi connectivity index (χ3v) is 5.85. The fourth-order valence-corrected chi connectivity index (χ4v) is 3.83. The van der Waals surface area contributed by atoms with Gasteiger partial charge in [-0.25, -0.2) is 14.8 Å². The number of carboxylic acid groups (broad SMARTS) is 1. The van der Waals surface area contributed by atoms with E-state index in [1.165, 1.54) is 35.5 Å². The van der Waals surface area contributed by atoms with Gasteiger partial charge in [-0.2, -0.15) is 0 Å². The molecule has 0 atom stereocenters. The minimum absolute atomic E-state index is 0.248. The Kier molecular flexibility index (Phi) is 11.7.